The molecular weight excluding hydrogens is 424 g/mol. The van der Waals surface area contributed by atoms with Gasteiger partial charge in [0.05, 0.1) is 29.2 Å². The smallest absolute Gasteiger partial charge is 0.245 e. The van der Waals surface area contributed by atoms with Crippen LogP contribution in [0.2, 0.25) is 0 Å². The van der Waals surface area contributed by atoms with Crippen molar-refractivity contribution in [2.75, 3.05) is 24.6 Å². The van der Waals surface area contributed by atoms with Crippen LogP contribution in [0.5, 0.6) is 0 Å². The van der Waals surface area contributed by atoms with Crippen LogP contribution in [0.4, 0.5) is 0 Å². The Morgan fingerprint density at radius 2 is 2.07 bits per heavy atom. The fourth-order valence-corrected chi connectivity index (χ4v) is 7.68. The van der Waals surface area contributed by atoms with E-state index in [1.807, 2.05) is 0 Å². The lowest BCUT2D eigenvalue weighted by atomic mass is 9.98. The number of hydrogen-bond donors (Lipinski definition) is 1. The molecule has 1 aromatic heterocycles. The molecule has 4 rings (SSSR count). The SMILES string of the molecule is O=C(N[C@H]1CCS(=O)(=O)C1)[C@@H]1CCCN(S(=O)(=O)c2cccc3nsnc23)C1. The highest BCUT2D eigenvalue weighted by Crippen LogP contribution is 2.28. The maximum absolute atomic E-state index is 13.1. The number of carbonyl (C=O) groups is 1. The predicted octanol–water partition coefficient (Wildman–Crippen LogP) is 0.395. The summed E-state index contributed by atoms with van der Waals surface area (Å²) in [7, 11) is -6.90. The Morgan fingerprint density at radius 3 is 2.82 bits per heavy atom. The van der Waals surface area contributed by atoms with Gasteiger partial charge in [0.2, 0.25) is 15.9 Å². The molecule has 2 aliphatic heterocycles. The van der Waals surface area contributed by atoms with Crippen molar-refractivity contribution in [2.24, 2.45) is 5.92 Å². The number of piperidine rings is 1. The lowest BCUT2D eigenvalue weighted by molar-refractivity contribution is -0.126. The van der Waals surface area contributed by atoms with Gasteiger partial charge in [0.25, 0.3) is 0 Å². The Hall–Kier alpha value is -1.63. The summed E-state index contributed by atoms with van der Waals surface area (Å²) < 4.78 is 59.0. The summed E-state index contributed by atoms with van der Waals surface area (Å²) >= 11 is 0.957. The Morgan fingerprint density at radius 1 is 1.25 bits per heavy atom. The number of sulfone groups is 1. The lowest BCUT2D eigenvalue weighted by Crippen LogP contribution is -2.47. The monoisotopic (exact) mass is 444 g/mol. The molecule has 1 N–H and O–H groups in total. The molecule has 28 heavy (non-hydrogen) atoms. The first-order chi connectivity index (χ1) is 13.3. The van der Waals surface area contributed by atoms with Crippen LogP contribution in [0.3, 0.4) is 0 Å². The van der Waals surface area contributed by atoms with E-state index in [4.69, 9.17) is 0 Å². The maximum Gasteiger partial charge on any atom is 0.245 e. The van der Waals surface area contributed by atoms with E-state index in [9.17, 15) is 21.6 Å². The van der Waals surface area contributed by atoms with Crippen LogP contribution < -0.4 is 5.32 Å². The average Bonchev–Trinajstić information content (AvgIpc) is 3.27. The first kappa shape index (κ1) is 19.7. The first-order valence-corrected chi connectivity index (χ1v) is 13.0. The minimum atomic E-state index is -3.81. The van der Waals surface area contributed by atoms with Crippen LogP contribution in [0.1, 0.15) is 19.3 Å². The molecule has 2 saturated heterocycles. The Bertz CT molecular complexity index is 1110. The number of aromatic nitrogens is 2. The summed E-state index contributed by atoms with van der Waals surface area (Å²) in [6.07, 6.45) is 1.53. The topological polar surface area (TPSA) is 126 Å². The second-order valence-corrected chi connectivity index (χ2v) is 11.9. The summed E-state index contributed by atoms with van der Waals surface area (Å²) in [5, 5.41) is 2.78. The molecule has 152 valence electrons. The number of amides is 1. The fourth-order valence-electron chi connectivity index (χ4n) is 3.73. The normalized spacial score (nSPS) is 25.7. The van der Waals surface area contributed by atoms with Crippen LogP contribution in [0, 0.1) is 5.92 Å². The molecule has 0 saturated carbocycles. The number of rotatable bonds is 4. The van der Waals surface area contributed by atoms with E-state index in [2.05, 4.69) is 14.1 Å². The van der Waals surface area contributed by atoms with E-state index in [1.54, 1.807) is 12.1 Å². The molecule has 2 fully saturated rings. The molecular formula is C16H20N4O5S3. The van der Waals surface area contributed by atoms with Gasteiger partial charge in [-0.1, -0.05) is 6.07 Å². The van der Waals surface area contributed by atoms with Crippen molar-refractivity contribution < 1.29 is 21.6 Å². The van der Waals surface area contributed by atoms with Gasteiger partial charge in [-0.15, -0.1) is 0 Å². The molecule has 0 aliphatic carbocycles. The third-order valence-electron chi connectivity index (χ3n) is 5.20. The zero-order chi connectivity index (χ0) is 19.9. The van der Waals surface area contributed by atoms with Crippen molar-refractivity contribution in [3.05, 3.63) is 18.2 Å². The van der Waals surface area contributed by atoms with Gasteiger partial charge in [-0.2, -0.15) is 13.1 Å². The molecule has 2 atom stereocenters. The summed E-state index contributed by atoms with van der Waals surface area (Å²) in [6.45, 7) is 0.402. The number of carbonyl (C=O) groups excluding carboxylic acids is 1. The van der Waals surface area contributed by atoms with E-state index >= 15 is 0 Å². The second kappa shape index (κ2) is 7.32. The zero-order valence-electron chi connectivity index (χ0n) is 14.9. The van der Waals surface area contributed by atoms with E-state index < -0.39 is 25.8 Å². The highest BCUT2D eigenvalue weighted by atomic mass is 32.2. The molecule has 0 spiro atoms. The van der Waals surface area contributed by atoms with Crippen molar-refractivity contribution in [1.29, 1.82) is 0 Å². The predicted molar refractivity (Wildman–Crippen MR) is 104 cm³/mol. The van der Waals surface area contributed by atoms with Gasteiger partial charge in [0, 0.05) is 19.1 Å². The summed E-state index contributed by atoms with van der Waals surface area (Å²) in [6, 6.07) is 4.46. The molecule has 0 unspecified atom stereocenters. The number of sulfonamides is 1. The van der Waals surface area contributed by atoms with Crippen molar-refractivity contribution in [2.45, 2.75) is 30.2 Å². The van der Waals surface area contributed by atoms with Gasteiger partial charge in [0.1, 0.15) is 15.9 Å². The standard InChI is InChI=1S/C16H20N4O5S3/c21-16(17-12-6-8-27(22,23)10-12)11-3-2-7-20(9-11)28(24,25)14-5-1-4-13-15(14)19-26-18-13/h1,4-5,11-12H,2-3,6-10H2,(H,17,21)/t11-,12+/m1/s1. The van der Waals surface area contributed by atoms with Gasteiger partial charge >= 0.3 is 0 Å². The number of nitrogens with one attached hydrogen (secondary N) is 1. The van der Waals surface area contributed by atoms with E-state index in [0.717, 1.165) is 11.7 Å². The number of hydrogen-bond acceptors (Lipinski definition) is 8. The number of fused-ring (bicyclic) bond motifs is 1. The van der Waals surface area contributed by atoms with Gasteiger partial charge in [-0.3, -0.25) is 4.79 Å². The largest absolute Gasteiger partial charge is 0.352 e. The second-order valence-electron chi connectivity index (χ2n) is 7.20. The van der Waals surface area contributed by atoms with Crippen LogP contribution in [-0.4, -0.2) is 66.4 Å². The zero-order valence-corrected chi connectivity index (χ0v) is 17.4. The average molecular weight is 445 g/mol. The molecule has 0 bridgehead atoms. The highest BCUT2D eigenvalue weighted by Gasteiger charge is 2.36. The molecule has 1 aromatic carbocycles. The van der Waals surface area contributed by atoms with E-state index in [1.165, 1.54) is 10.4 Å². The summed E-state index contributed by atoms with van der Waals surface area (Å²) in [5.74, 6) is -0.753. The number of benzene rings is 1. The van der Waals surface area contributed by atoms with Crippen molar-refractivity contribution >= 4 is 48.5 Å². The Balaban J connectivity index is 1.50. The molecule has 3 heterocycles. The van der Waals surface area contributed by atoms with Gasteiger partial charge < -0.3 is 5.32 Å². The molecule has 2 aromatic rings. The minimum Gasteiger partial charge on any atom is -0.352 e. The lowest BCUT2D eigenvalue weighted by Gasteiger charge is -2.31. The van der Waals surface area contributed by atoms with Gasteiger partial charge in [-0.05, 0) is 31.4 Å². The molecule has 12 heteroatoms. The Kier molecular flexibility index (Phi) is 5.14. The quantitative estimate of drug-likeness (QED) is 0.723. The molecule has 0 radical (unpaired) electrons. The van der Waals surface area contributed by atoms with Crippen LogP contribution >= 0.6 is 11.7 Å². The molecule has 2 aliphatic rings. The number of nitrogens with zero attached hydrogens (tertiary/aromatic N) is 3. The molecule has 1 amide bonds. The maximum atomic E-state index is 13.1. The van der Waals surface area contributed by atoms with E-state index in [0.29, 0.717) is 36.8 Å². The Labute approximate surface area is 167 Å². The highest BCUT2D eigenvalue weighted by molar-refractivity contribution is 7.91. The summed E-state index contributed by atoms with van der Waals surface area (Å²) in [5.41, 5.74) is 0.870. The van der Waals surface area contributed by atoms with Gasteiger partial charge in [-0.25, -0.2) is 16.8 Å². The van der Waals surface area contributed by atoms with Crippen molar-refractivity contribution in [3.63, 3.8) is 0 Å². The van der Waals surface area contributed by atoms with Crippen molar-refractivity contribution in [3.8, 4) is 0 Å². The van der Waals surface area contributed by atoms with Crippen LogP contribution in [-0.2, 0) is 24.7 Å². The summed E-state index contributed by atoms with van der Waals surface area (Å²) in [4.78, 5) is 12.7. The molecule has 9 nitrogen and oxygen atoms in total. The van der Waals surface area contributed by atoms with Crippen molar-refractivity contribution in [1.82, 2.24) is 18.4 Å². The van der Waals surface area contributed by atoms with E-state index in [-0.39, 0.29) is 34.9 Å². The third kappa shape index (κ3) is 3.78. The third-order valence-corrected chi connectivity index (χ3v) is 9.41. The van der Waals surface area contributed by atoms with Crippen LogP contribution in [0.15, 0.2) is 23.1 Å². The fraction of sp³-hybridized carbons (Fsp3) is 0.562. The first-order valence-electron chi connectivity index (χ1n) is 8.98. The van der Waals surface area contributed by atoms with Gasteiger partial charge in [0.15, 0.2) is 9.84 Å². The van der Waals surface area contributed by atoms with Crippen LogP contribution in [0.25, 0.3) is 11.0 Å². The minimum absolute atomic E-state index is 0.0493.